The Labute approximate surface area is 147 Å². The topological polar surface area (TPSA) is 60.5 Å². The molecule has 1 N–H and O–H groups in total. The van der Waals surface area contributed by atoms with Crippen molar-refractivity contribution in [1.29, 1.82) is 0 Å². The maximum Gasteiger partial charge on any atom is 0.251 e. The lowest BCUT2D eigenvalue weighted by Gasteiger charge is -2.19. The Hall–Kier alpha value is -2.08. The van der Waals surface area contributed by atoms with Gasteiger partial charge in [0.05, 0.1) is 20.3 Å². The van der Waals surface area contributed by atoms with Crippen molar-refractivity contribution in [2.75, 3.05) is 14.2 Å². The standard InChI is InChI=1S/C18H24N2O3S/c1-11(2)8-14(18-19-12(3)10-24-18)20-17(21)13-6-7-15(22-4)16(9-13)23-5/h6-7,9-11,14H,8H2,1-5H3,(H,20,21). The molecular formula is C18H24N2O3S. The molecule has 0 saturated heterocycles. The Morgan fingerprint density at radius 3 is 2.50 bits per heavy atom. The Kier molecular flexibility index (Phi) is 6.20. The van der Waals surface area contributed by atoms with Gasteiger partial charge in [0.15, 0.2) is 11.5 Å². The van der Waals surface area contributed by atoms with E-state index in [9.17, 15) is 4.79 Å². The third-order valence-electron chi connectivity index (χ3n) is 3.59. The predicted octanol–water partition coefficient (Wildman–Crippen LogP) is 3.99. The number of carbonyl (C=O) groups is 1. The number of thiazole rings is 1. The molecule has 1 aromatic carbocycles. The number of nitrogens with one attached hydrogen (secondary N) is 1. The minimum Gasteiger partial charge on any atom is -0.493 e. The Bertz CT molecular complexity index is 697. The molecule has 1 heterocycles. The van der Waals surface area contributed by atoms with Gasteiger partial charge in [0, 0.05) is 16.6 Å². The molecule has 0 aliphatic heterocycles. The minimum absolute atomic E-state index is 0.0932. The highest BCUT2D eigenvalue weighted by Gasteiger charge is 2.20. The molecule has 6 heteroatoms. The van der Waals surface area contributed by atoms with Crippen LogP contribution in [0.15, 0.2) is 23.6 Å². The largest absolute Gasteiger partial charge is 0.493 e. The van der Waals surface area contributed by atoms with Gasteiger partial charge in [0.2, 0.25) is 0 Å². The van der Waals surface area contributed by atoms with E-state index in [1.165, 1.54) is 0 Å². The summed E-state index contributed by atoms with van der Waals surface area (Å²) in [7, 11) is 3.13. The average Bonchev–Trinajstić information content (AvgIpc) is 2.99. The summed E-state index contributed by atoms with van der Waals surface area (Å²) in [5.74, 6) is 1.44. The third-order valence-corrected chi connectivity index (χ3v) is 4.67. The van der Waals surface area contributed by atoms with Crippen molar-refractivity contribution < 1.29 is 14.3 Å². The number of ether oxygens (including phenoxy) is 2. The number of methoxy groups -OCH3 is 2. The molecule has 1 amide bonds. The van der Waals surface area contributed by atoms with Gasteiger partial charge in [-0.3, -0.25) is 4.79 Å². The van der Waals surface area contributed by atoms with Crippen LogP contribution >= 0.6 is 11.3 Å². The van der Waals surface area contributed by atoms with Gasteiger partial charge >= 0.3 is 0 Å². The van der Waals surface area contributed by atoms with Crippen LogP contribution in [0.2, 0.25) is 0 Å². The van der Waals surface area contributed by atoms with Crippen LogP contribution in [0, 0.1) is 12.8 Å². The second-order valence-electron chi connectivity index (χ2n) is 6.05. The van der Waals surface area contributed by atoms with Crippen LogP contribution in [0.4, 0.5) is 0 Å². The number of aryl methyl sites for hydroxylation is 1. The van der Waals surface area contributed by atoms with E-state index < -0.39 is 0 Å². The third kappa shape index (κ3) is 4.47. The van der Waals surface area contributed by atoms with Gasteiger partial charge in [-0.25, -0.2) is 4.98 Å². The summed E-state index contributed by atoms with van der Waals surface area (Å²) < 4.78 is 10.5. The fourth-order valence-electron chi connectivity index (χ4n) is 2.44. The Morgan fingerprint density at radius 2 is 1.96 bits per heavy atom. The molecular weight excluding hydrogens is 324 g/mol. The number of carbonyl (C=O) groups excluding carboxylic acids is 1. The number of aromatic nitrogens is 1. The molecule has 0 radical (unpaired) electrons. The first-order valence-corrected chi connectivity index (χ1v) is 8.77. The summed E-state index contributed by atoms with van der Waals surface area (Å²) in [5.41, 5.74) is 1.51. The van der Waals surface area contributed by atoms with Gasteiger partial charge in [-0.05, 0) is 37.5 Å². The first-order valence-electron chi connectivity index (χ1n) is 7.89. The number of nitrogens with zero attached hydrogens (tertiary/aromatic N) is 1. The Morgan fingerprint density at radius 1 is 1.25 bits per heavy atom. The van der Waals surface area contributed by atoms with Crippen molar-refractivity contribution in [2.45, 2.75) is 33.2 Å². The van der Waals surface area contributed by atoms with Crippen molar-refractivity contribution in [1.82, 2.24) is 10.3 Å². The van der Waals surface area contributed by atoms with E-state index in [1.54, 1.807) is 43.8 Å². The fourth-order valence-corrected chi connectivity index (χ4v) is 3.30. The lowest BCUT2D eigenvalue weighted by atomic mass is 10.0. The highest BCUT2D eigenvalue weighted by Crippen LogP contribution is 2.29. The van der Waals surface area contributed by atoms with Crippen LogP contribution < -0.4 is 14.8 Å². The number of hydrogen-bond donors (Lipinski definition) is 1. The van der Waals surface area contributed by atoms with Crippen LogP contribution in [-0.4, -0.2) is 25.1 Å². The van der Waals surface area contributed by atoms with Crippen LogP contribution in [0.3, 0.4) is 0 Å². The molecule has 0 saturated carbocycles. The summed E-state index contributed by atoms with van der Waals surface area (Å²) in [5, 5.41) is 6.04. The molecule has 2 aromatic rings. The van der Waals surface area contributed by atoms with E-state index in [0.717, 1.165) is 17.1 Å². The summed E-state index contributed by atoms with van der Waals surface area (Å²) in [6.45, 7) is 6.23. The molecule has 2 rings (SSSR count). The summed E-state index contributed by atoms with van der Waals surface area (Å²) in [6, 6.07) is 5.06. The maximum atomic E-state index is 12.7. The van der Waals surface area contributed by atoms with E-state index in [0.29, 0.717) is 23.0 Å². The van der Waals surface area contributed by atoms with Gasteiger partial charge < -0.3 is 14.8 Å². The van der Waals surface area contributed by atoms with E-state index in [1.807, 2.05) is 12.3 Å². The molecule has 1 aromatic heterocycles. The lowest BCUT2D eigenvalue weighted by Crippen LogP contribution is -2.29. The molecule has 0 spiro atoms. The normalized spacial score (nSPS) is 12.1. The van der Waals surface area contributed by atoms with E-state index in [2.05, 4.69) is 24.1 Å². The van der Waals surface area contributed by atoms with Crippen molar-refractivity contribution >= 4 is 17.2 Å². The van der Waals surface area contributed by atoms with Crippen LogP contribution in [0.5, 0.6) is 11.5 Å². The first kappa shape index (κ1) is 18.3. The quantitative estimate of drug-likeness (QED) is 0.822. The monoisotopic (exact) mass is 348 g/mol. The van der Waals surface area contributed by atoms with Gasteiger partial charge in [-0.15, -0.1) is 11.3 Å². The molecule has 0 fully saturated rings. The molecule has 0 bridgehead atoms. The van der Waals surface area contributed by atoms with Crippen molar-refractivity contribution in [2.24, 2.45) is 5.92 Å². The molecule has 130 valence electrons. The summed E-state index contributed by atoms with van der Waals surface area (Å²) in [4.78, 5) is 17.2. The van der Waals surface area contributed by atoms with Gasteiger partial charge in [0.1, 0.15) is 5.01 Å². The van der Waals surface area contributed by atoms with E-state index in [-0.39, 0.29) is 11.9 Å². The Balaban J connectivity index is 2.21. The van der Waals surface area contributed by atoms with Crippen LogP contribution in [-0.2, 0) is 0 Å². The van der Waals surface area contributed by atoms with Crippen LogP contribution in [0.1, 0.15) is 47.4 Å². The molecule has 5 nitrogen and oxygen atoms in total. The molecule has 0 aliphatic carbocycles. The zero-order chi connectivity index (χ0) is 17.7. The number of amides is 1. The second-order valence-corrected chi connectivity index (χ2v) is 6.94. The number of rotatable bonds is 7. The van der Waals surface area contributed by atoms with Crippen molar-refractivity contribution in [3.05, 3.63) is 39.8 Å². The lowest BCUT2D eigenvalue weighted by molar-refractivity contribution is 0.0931. The zero-order valence-electron chi connectivity index (χ0n) is 14.8. The first-order chi connectivity index (χ1) is 11.4. The van der Waals surface area contributed by atoms with Gasteiger partial charge in [0.25, 0.3) is 5.91 Å². The minimum atomic E-state index is -0.144. The van der Waals surface area contributed by atoms with Gasteiger partial charge in [-0.2, -0.15) is 0 Å². The highest BCUT2D eigenvalue weighted by atomic mass is 32.1. The van der Waals surface area contributed by atoms with Gasteiger partial charge in [-0.1, -0.05) is 13.8 Å². The fraction of sp³-hybridized carbons (Fsp3) is 0.444. The maximum absolute atomic E-state index is 12.7. The molecule has 0 aliphatic rings. The molecule has 1 atom stereocenters. The zero-order valence-corrected chi connectivity index (χ0v) is 15.6. The smallest absolute Gasteiger partial charge is 0.251 e. The van der Waals surface area contributed by atoms with Crippen molar-refractivity contribution in [3.63, 3.8) is 0 Å². The average molecular weight is 348 g/mol. The van der Waals surface area contributed by atoms with E-state index >= 15 is 0 Å². The number of hydrogen-bond acceptors (Lipinski definition) is 5. The molecule has 24 heavy (non-hydrogen) atoms. The summed E-state index contributed by atoms with van der Waals surface area (Å²) in [6.07, 6.45) is 0.839. The second kappa shape index (κ2) is 8.15. The summed E-state index contributed by atoms with van der Waals surface area (Å²) >= 11 is 1.58. The van der Waals surface area contributed by atoms with E-state index in [4.69, 9.17) is 9.47 Å². The highest BCUT2D eigenvalue weighted by molar-refractivity contribution is 7.09. The SMILES string of the molecule is COc1ccc(C(=O)NC(CC(C)C)c2nc(C)cs2)cc1OC. The van der Waals surface area contributed by atoms with Crippen molar-refractivity contribution in [3.8, 4) is 11.5 Å². The van der Waals surface area contributed by atoms with Crippen LogP contribution in [0.25, 0.3) is 0 Å². The number of benzene rings is 1. The molecule has 1 unspecified atom stereocenters. The predicted molar refractivity (Wildman–Crippen MR) is 96.1 cm³/mol.